The average Bonchev–Trinajstić information content (AvgIpc) is 2.72. The number of benzene rings is 3. The number of hydrogen-bond donors (Lipinski definition) is 0. The molecule has 0 aliphatic carbocycles. The monoisotopic (exact) mass is 418 g/mol. The molecule has 0 aromatic heterocycles. The highest BCUT2D eigenvalue weighted by molar-refractivity contribution is 6.80. The molecule has 150 valence electrons. The summed E-state index contributed by atoms with van der Waals surface area (Å²) in [6, 6.07) is 31.1. The summed E-state index contributed by atoms with van der Waals surface area (Å²) in [5, 5.41) is 2.58. The standard InChI is InChI=1S/C25H30O2Si2/c1-25(19-12-20-29(2,3)27-25)23-17-10-11-18-24(23)26-28(21-13-6-4-7-14-21)22-15-8-5-9-16-22/h4-11,13-18,28H,12,19-20H2,1-3H3. The van der Waals surface area contributed by atoms with Gasteiger partial charge in [0, 0.05) is 5.56 Å². The first-order valence-electron chi connectivity index (χ1n) is 10.5. The molecule has 0 radical (unpaired) electrons. The molecule has 0 spiro atoms. The lowest BCUT2D eigenvalue weighted by atomic mass is 9.90. The van der Waals surface area contributed by atoms with Crippen molar-refractivity contribution in [3.63, 3.8) is 0 Å². The highest BCUT2D eigenvalue weighted by atomic mass is 28.4. The Morgan fingerprint density at radius 2 is 1.38 bits per heavy atom. The summed E-state index contributed by atoms with van der Waals surface area (Å²) < 4.78 is 13.6. The Balaban J connectivity index is 1.73. The van der Waals surface area contributed by atoms with Gasteiger partial charge in [-0.05, 0) is 48.9 Å². The fraction of sp³-hybridized carbons (Fsp3) is 0.280. The largest absolute Gasteiger partial charge is 0.537 e. The SMILES string of the molecule is CC1(c2ccccc2O[SiH](c2ccccc2)c2ccccc2)CCC[Si](C)(C)O1. The van der Waals surface area contributed by atoms with Crippen molar-refractivity contribution >= 4 is 27.7 Å². The van der Waals surface area contributed by atoms with Crippen LogP contribution < -0.4 is 14.8 Å². The van der Waals surface area contributed by atoms with Crippen LogP contribution in [0.3, 0.4) is 0 Å². The summed E-state index contributed by atoms with van der Waals surface area (Å²) in [6.45, 7) is 6.92. The van der Waals surface area contributed by atoms with Gasteiger partial charge >= 0.3 is 0 Å². The Labute approximate surface area is 177 Å². The van der Waals surface area contributed by atoms with Gasteiger partial charge in [0.15, 0.2) is 8.32 Å². The molecule has 1 atom stereocenters. The van der Waals surface area contributed by atoms with Crippen LogP contribution in [0, 0.1) is 0 Å². The Morgan fingerprint density at radius 1 is 0.828 bits per heavy atom. The molecule has 1 heterocycles. The minimum atomic E-state index is -1.87. The minimum Gasteiger partial charge on any atom is -0.537 e. The Morgan fingerprint density at radius 3 is 1.97 bits per heavy atom. The van der Waals surface area contributed by atoms with Gasteiger partial charge in [0.2, 0.25) is 0 Å². The summed E-state index contributed by atoms with van der Waals surface area (Å²) >= 11 is 0. The third-order valence-corrected chi connectivity index (χ3v) is 10.9. The van der Waals surface area contributed by atoms with Gasteiger partial charge in [-0.15, -0.1) is 0 Å². The van der Waals surface area contributed by atoms with Crippen LogP contribution in [0.1, 0.15) is 25.3 Å². The zero-order valence-electron chi connectivity index (χ0n) is 17.6. The smallest absolute Gasteiger partial charge is 0.299 e. The molecule has 3 aromatic carbocycles. The Hall–Kier alpha value is -2.15. The average molecular weight is 419 g/mol. The van der Waals surface area contributed by atoms with E-state index in [1.165, 1.54) is 28.4 Å². The van der Waals surface area contributed by atoms with Gasteiger partial charge in [0.1, 0.15) is 5.75 Å². The van der Waals surface area contributed by atoms with Crippen LogP contribution >= 0.6 is 0 Å². The highest BCUT2D eigenvalue weighted by Gasteiger charge is 2.41. The van der Waals surface area contributed by atoms with Crippen molar-refractivity contribution in [3.05, 3.63) is 90.5 Å². The maximum Gasteiger partial charge on any atom is 0.299 e. The van der Waals surface area contributed by atoms with E-state index in [4.69, 9.17) is 8.85 Å². The Kier molecular flexibility index (Phi) is 5.77. The van der Waals surface area contributed by atoms with Crippen molar-refractivity contribution in [1.29, 1.82) is 0 Å². The lowest BCUT2D eigenvalue weighted by Gasteiger charge is -2.43. The molecule has 3 aromatic rings. The van der Waals surface area contributed by atoms with Crippen molar-refractivity contribution in [1.82, 2.24) is 0 Å². The maximum absolute atomic E-state index is 6.88. The summed E-state index contributed by atoms with van der Waals surface area (Å²) in [6.07, 6.45) is 2.27. The second-order valence-corrected chi connectivity index (χ2v) is 15.3. The fourth-order valence-corrected chi connectivity index (χ4v) is 9.29. The van der Waals surface area contributed by atoms with Gasteiger partial charge in [-0.1, -0.05) is 85.3 Å². The molecular formula is C25H30O2Si2. The topological polar surface area (TPSA) is 18.5 Å². The molecule has 1 fully saturated rings. The molecule has 1 aliphatic heterocycles. The predicted molar refractivity (Wildman–Crippen MR) is 126 cm³/mol. The number of para-hydroxylation sites is 1. The summed E-state index contributed by atoms with van der Waals surface area (Å²) in [5.41, 5.74) is 0.932. The van der Waals surface area contributed by atoms with E-state index in [9.17, 15) is 0 Å². The molecule has 4 rings (SSSR count). The van der Waals surface area contributed by atoms with Gasteiger partial charge in [-0.25, -0.2) is 0 Å². The van der Waals surface area contributed by atoms with Crippen LogP contribution in [0.4, 0.5) is 0 Å². The molecule has 0 N–H and O–H groups in total. The van der Waals surface area contributed by atoms with Crippen LogP contribution in [0.2, 0.25) is 19.1 Å². The van der Waals surface area contributed by atoms with Crippen LogP contribution in [0.25, 0.3) is 0 Å². The van der Waals surface area contributed by atoms with E-state index in [1.807, 2.05) is 0 Å². The van der Waals surface area contributed by atoms with Crippen molar-refractivity contribution in [2.75, 3.05) is 0 Å². The molecule has 0 bridgehead atoms. The molecule has 29 heavy (non-hydrogen) atoms. The molecular weight excluding hydrogens is 388 g/mol. The molecule has 0 amide bonds. The predicted octanol–water partition coefficient (Wildman–Crippen LogP) is 4.83. The summed E-state index contributed by atoms with van der Waals surface area (Å²) in [7, 11) is -3.51. The van der Waals surface area contributed by atoms with Crippen LogP contribution in [-0.4, -0.2) is 17.4 Å². The van der Waals surface area contributed by atoms with E-state index in [2.05, 4.69) is 105 Å². The van der Waals surface area contributed by atoms with E-state index >= 15 is 0 Å². The second kappa shape index (κ2) is 8.30. The van der Waals surface area contributed by atoms with Crippen LogP contribution in [0.15, 0.2) is 84.9 Å². The first kappa shape index (κ1) is 20.1. The molecule has 1 unspecified atom stereocenters. The van der Waals surface area contributed by atoms with Crippen molar-refractivity contribution in [3.8, 4) is 5.75 Å². The zero-order chi connectivity index (χ0) is 20.3. The van der Waals surface area contributed by atoms with Crippen LogP contribution in [-0.2, 0) is 10.0 Å². The van der Waals surface area contributed by atoms with Crippen LogP contribution in [0.5, 0.6) is 5.75 Å². The van der Waals surface area contributed by atoms with Crippen molar-refractivity contribution < 1.29 is 8.85 Å². The first-order valence-corrected chi connectivity index (χ1v) is 15.3. The van der Waals surface area contributed by atoms with Gasteiger partial charge in [0.25, 0.3) is 9.04 Å². The lowest BCUT2D eigenvalue weighted by Crippen LogP contribution is -2.48. The van der Waals surface area contributed by atoms with E-state index in [1.54, 1.807) is 0 Å². The van der Waals surface area contributed by atoms with E-state index in [0.717, 1.165) is 12.2 Å². The zero-order valence-corrected chi connectivity index (χ0v) is 19.8. The second-order valence-electron chi connectivity index (χ2n) is 8.76. The normalized spacial score (nSPS) is 21.1. The third-order valence-electron chi connectivity index (χ3n) is 5.84. The quantitative estimate of drug-likeness (QED) is 0.552. The molecule has 0 saturated carbocycles. The molecule has 4 heteroatoms. The first-order chi connectivity index (χ1) is 14.0. The summed E-state index contributed by atoms with van der Waals surface area (Å²) in [5.74, 6) is 0.978. The van der Waals surface area contributed by atoms with Gasteiger partial charge in [-0.3, -0.25) is 0 Å². The van der Waals surface area contributed by atoms with E-state index < -0.39 is 17.4 Å². The van der Waals surface area contributed by atoms with E-state index in [-0.39, 0.29) is 5.60 Å². The van der Waals surface area contributed by atoms with Gasteiger partial charge in [-0.2, -0.15) is 0 Å². The van der Waals surface area contributed by atoms with E-state index in [0.29, 0.717) is 0 Å². The Bertz CT molecular complexity index is 904. The molecule has 1 saturated heterocycles. The number of hydrogen-bond acceptors (Lipinski definition) is 2. The maximum atomic E-state index is 6.88. The van der Waals surface area contributed by atoms with Crippen molar-refractivity contribution in [2.45, 2.75) is 44.5 Å². The minimum absolute atomic E-state index is 0.267. The summed E-state index contributed by atoms with van der Waals surface area (Å²) in [4.78, 5) is 0. The fourth-order valence-electron chi connectivity index (χ4n) is 4.47. The van der Waals surface area contributed by atoms with Gasteiger partial charge < -0.3 is 8.85 Å². The molecule has 2 nitrogen and oxygen atoms in total. The molecule has 1 aliphatic rings. The number of rotatable bonds is 5. The van der Waals surface area contributed by atoms with Crippen molar-refractivity contribution in [2.24, 2.45) is 0 Å². The van der Waals surface area contributed by atoms with Gasteiger partial charge in [0.05, 0.1) is 5.60 Å². The highest BCUT2D eigenvalue weighted by Crippen LogP contribution is 2.43. The third kappa shape index (κ3) is 4.55. The lowest BCUT2D eigenvalue weighted by molar-refractivity contribution is 0.0486.